The van der Waals surface area contributed by atoms with E-state index in [1.807, 2.05) is 60.7 Å². The van der Waals surface area contributed by atoms with Crippen LogP contribution >= 0.6 is 0 Å². The molecule has 2 aromatic carbocycles. The highest BCUT2D eigenvalue weighted by Crippen LogP contribution is 2.10. The summed E-state index contributed by atoms with van der Waals surface area (Å²) in [5.41, 5.74) is 2.05. The van der Waals surface area contributed by atoms with Gasteiger partial charge in [-0.25, -0.2) is 13.1 Å². The Balaban J connectivity index is 1.50. The van der Waals surface area contributed by atoms with E-state index in [1.165, 1.54) is 12.4 Å². The van der Waals surface area contributed by atoms with Gasteiger partial charge in [0.05, 0.1) is 12.7 Å². The van der Waals surface area contributed by atoms with E-state index >= 15 is 0 Å². The minimum absolute atomic E-state index is 0.0319. The Morgan fingerprint density at radius 3 is 2.31 bits per heavy atom. The largest absolute Gasteiger partial charge is 0.341 e. The van der Waals surface area contributed by atoms with E-state index in [0.717, 1.165) is 11.1 Å². The predicted molar refractivity (Wildman–Crippen MR) is 110 cm³/mol. The fraction of sp³-hybridized carbons (Fsp3) is 0.238. The molecule has 1 N–H and O–H groups in total. The molecule has 29 heavy (non-hydrogen) atoms. The molecule has 0 aliphatic rings. The van der Waals surface area contributed by atoms with Crippen molar-refractivity contribution in [1.82, 2.24) is 19.4 Å². The lowest BCUT2D eigenvalue weighted by atomic mass is 10.2. The summed E-state index contributed by atoms with van der Waals surface area (Å²) in [5.74, 6) is -0.128. The second kappa shape index (κ2) is 9.49. The van der Waals surface area contributed by atoms with Gasteiger partial charge in [0.2, 0.25) is 15.9 Å². The Hall–Kier alpha value is -2.97. The summed E-state index contributed by atoms with van der Waals surface area (Å²) in [4.78, 5) is 13.9. The van der Waals surface area contributed by atoms with Gasteiger partial charge in [-0.2, -0.15) is 5.10 Å². The first kappa shape index (κ1) is 20.8. The van der Waals surface area contributed by atoms with Crippen molar-refractivity contribution in [2.75, 3.05) is 13.6 Å². The van der Waals surface area contributed by atoms with Crippen molar-refractivity contribution in [3.63, 3.8) is 0 Å². The van der Waals surface area contributed by atoms with Crippen LogP contribution in [0.25, 0.3) is 0 Å². The summed E-state index contributed by atoms with van der Waals surface area (Å²) in [6.45, 7) is 1.00. The van der Waals surface area contributed by atoms with Crippen LogP contribution in [-0.2, 0) is 27.9 Å². The smallest absolute Gasteiger partial charge is 0.243 e. The predicted octanol–water partition coefficient (Wildman–Crippen LogP) is 2.26. The minimum atomic E-state index is -3.72. The molecule has 0 spiro atoms. The van der Waals surface area contributed by atoms with Crippen molar-refractivity contribution in [2.24, 2.45) is 0 Å². The summed E-state index contributed by atoms with van der Waals surface area (Å²) >= 11 is 0. The van der Waals surface area contributed by atoms with Crippen LogP contribution in [0.15, 0.2) is 78.0 Å². The fourth-order valence-electron chi connectivity index (χ4n) is 2.85. The van der Waals surface area contributed by atoms with Gasteiger partial charge in [-0.3, -0.25) is 9.48 Å². The molecule has 0 atom stereocenters. The van der Waals surface area contributed by atoms with Gasteiger partial charge in [-0.15, -0.1) is 0 Å². The first-order valence-electron chi connectivity index (χ1n) is 9.28. The topological polar surface area (TPSA) is 84.3 Å². The van der Waals surface area contributed by atoms with Crippen LogP contribution in [0.5, 0.6) is 0 Å². The van der Waals surface area contributed by atoms with Crippen molar-refractivity contribution in [1.29, 1.82) is 0 Å². The molecule has 3 aromatic rings. The van der Waals surface area contributed by atoms with Gasteiger partial charge in [-0.05, 0) is 11.1 Å². The zero-order valence-electron chi connectivity index (χ0n) is 16.2. The lowest BCUT2D eigenvalue weighted by Crippen LogP contribution is -2.31. The fourth-order valence-corrected chi connectivity index (χ4v) is 3.84. The number of carbonyl (C=O) groups excluding carboxylic acids is 1. The molecule has 0 bridgehead atoms. The lowest BCUT2D eigenvalue weighted by Gasteiger charge is -2.17. The van der Waals surface area contributed by atoms with Gasteiger partial charge >= 0.3 is 0 Å². The maximum atomic E-state index is 12.5. The zero-order chi connectivity index (χ0) is 20.7. The van der Waals surface area contributed by atoms with Gasteiger partial charge in [0.25, 0.3) is 0 Å². The number of rotatable bonds is 9. The number of benzene rings is 2. The van der Waals surface area contributed by atoms with Crippen molar-refractivity contribution in [3.8, 4) is 0 Å². The molecule has 152 valence electrons. The second-order valence-corrected chi connectivity index (χ2v) is 8.51. The van der Waals surface area contributed by atoms with Crippen LogP contribution in [0.1, 0.15) is 17.5 Å². The zero-order valence-corrected chi connectivity index (χ0v) is 17.0. The van der Waals surface area contributed by atoms with Gasteiger partial charge in [0, 0.05) is 32.8 Å². The number of hydrogen-bond donors (Lipinski definition) is 1. The van der Waals surface area contributed by atoms with Crippen LogP contribution in [0.3, 0.4) is 0 Å². The molecule has 7 nitrogen and oxygen atoms in total. The Bertz CT molecular complexity index is 1030. The standard InChI is InChI=1S/C21H24N4O3S/c1-24(15-18-8-4-2-5-9-18)21(26)12-13-23-29(27,28)20-14-22-25(17-20)16-19-10-6-3-7-11-19/h2-11,14,17,23H,12-13,15-16H2,1H3. The molecular formula is C21H24N4O3S. The van der Waals surface area contributed by atoms with E-state index in [-0.39, 0.29) is 23.8 Å². The Morgan fingerprint density at radius 1 is 1.03 bits per heavy atom. The van der Waals surface area contributed by atoms with Crippen LogP contribution in [0.4, 0.5) is 0 Å². The molecule has 0 saturated heterocycles. The summed E-state index contributed by atoms with van der Waals surface area (Å²) < 4.78 is 28.9. The second-order valence-electron chi connectivity index (χ2n) is 6.74. The van der Waals surface area contributed by atoms with Crippen LogP contribution < -0.4 is 4.72 Å². The molecule has 0 fully saturated rings. The summed E-state index contributed by atoms with van der Waals surface area (Å²) in [6, 6.07) is 19.3. The first-order valence-corrected chi connectivity index (χ1v) is 10.8. The van der Waals surface area contributed by atoms with Gasteiger partial charge < -0.3 is 4.90 Å². The maximum Gasteiger partial charge on any atom is 0.243 e. The average molecular weight is 413 g/mol. The molecule has 0 aliphatic heterocycles. The third kappa shape index (κ3) is 6.00. The van der Waals surface area contributed by atoms with Gasteiger partial charge in [-0.1, -0.05) is 60.7 Å². The molecule has 0 radical (unpaired) electrons. The number of nitrogens with one attached hydrogen (secondary N) is 1. The molecule has 0 unspecified atom stereocenters. The molecule has 8 heteroatoms. The van der Waals surface area contributed by atoms with E-state index in [9.17, 15) is 13.2 Å². The normalized spacial score (nSPS) is 11.3. The van der Waals surface area contributed by atoms with Crippen LogP contribution in [0.2, 0.25) is 0 Å². The highest BCUT2D eigenvalue weighted by molar-refractivity contribution is 7.89. The third-order valence-corrected chi connectivity index (χ3v) is 5.84. The quantitative estimate of drug-likeness (QED) is 0.584. The van der Waals surface area contributed by atoms with E-state index in [0.29, 0.717) is 13.1 Å². The monoisotopic (exact) mass is 412 g/mol. The number of carbonyl (C=O) groups is 1. The van der Waals surface area contributed by atoms with Gasteiger partial charge in [0.15, 0.2) is 0 Å². The number of amides is 1. The molecule has 1 aromatic heterocycles. The number of nitrogens with zero attached hydrogens (tertiary/aromatic N) is 3. The molecule has 1 heterocycles. The van der Waals surface area contributed by atoms with Crippen molar-refractivity contribution in [2.45, 2.75) is 24.4 Å². The van der Waals surface area contributed by atoms with Crippen molar-refractivity contribution in [3.05, 3.63) is 84.2 Å². The highest BCUT2D eigenvalue weighted by atomic mass is 32.2. The first-order chi connectivity index (χ1) is 13.9. The SMILES string of the molecule is CN(Cc1ccccc1)C(=O)CCNS(=O)(=O)c1cnn(Cc2ccccc2)c1. The molecule has 0 saturated carbocycles. The van der Waals surface area contributed by atoms with E-state index in [2.05, 4.69) is 9.82 Å². The van der Waals surface area contributed by atoms with Gasteiger partial charge in [0.1, 0.15) is 4.90 Å². The van der Waals surface area contributed by atoms with E-state index in [1.54, 1.807) is 16.6 Å². The summed E-state index contributed by atoms with van der Waals surface area (Å²) in [7, 11) is -2.01. The highest BCUT2D eigenvalue weighted by Gasteiger charge is 2.17. The van der Waals surface area contributed by atoms with Crippen molar-refractivity contribution >= 4 is 15.9 Å². The number of aromatic nitrogens is 2. The van der Waals surface area contributed by atoms with E-state index < -0.39 is 10.0 Å². The summed E-state index contributed by atoms with van der Waals surface area (Å²) in [5, 5.41) is 4.12. The van der Waals surface area contributed by atoms with Crippen LogP contribution in [0, 0.1) is 0 Å². The van der Waals surface area contributed by atoms with E-state index in [4.69, 9.17) is 0 Å². The lowest BCUT2D eigenvalue weighted by molar-refractivity contribution is -0.130. The third-order valence-electron chi connectivity index (χ3n) is 4.43. The molecule has 3 rings (SSSR count). The number of hydrogen-bond acceptors (Lipinski definition) is 4. The van der Waals surface area contributed by atoms with Crippen molar-refractivity contribution < 1.29 is 13.2 Å². The number of sulfonamides is 1. The molecule has 0 aliphatic carbocycles. The average Bonchev–Trinajstić information content (AvgIpc) is 3.19. The summed E-state index contributed by atoms with van der Waals surface area (Å²) in [6.07, 6.45) is 2.88. The molecular weight excluding hydrogens is 388 g/mol. The minimum Gasteiger partial charge on any atom is -0.341 e. The van der Waals surface area contributed by atoms with Crippen LogP contribution in [-0.4, -0.2) is 42.6 Å². The Morgan fingerprint density at radius 2 is 1.66 bits per heavy atom. The Kier molecular flexibility index (Phi) is 6.79. The Labute approximate surface area is 171 Å². The molecule has 1 amide bonds. The maximum absolute atomic E-state index is 12.5.